The van der Waals surface area contributed by atoms with Crippen LogP contribution in [-0.4, -0.2) is 36.5 Å². The van der Waals surface area contributed by atoms with Crippen LogP contribution in [0.1, 0.15) is 30.3 Å². The molecule has 1 fully saturated rings. The van der Waals surface area contributed by atoms with Crippen LogP contribution in [0, 0.1) is 0 Å². The number of hydrogen-bond acceptors (Lipinski definition) is 3. The van der Waals surface area contributed by atoms with Crippen LogP contribution in [0.25, 0.3) is 0 Å². The van der Waals surface area contributed by atoms with Crippen LogP contribution in [0.4, 0.5) is 0 Å². The van der Waals surface area contributed by atoms with Gasteiger partial charge in [-0.05, 0) is 31.5 Å². The maximum absolute atomic E-state index is 12.0. The molecule has 1 aromatic heterocycles. The fraction of sp³-hybridized carbons (Fsp3) is 0.583. The fourth-order valence-corrected chi connectivity index (χ4v) is 2.17. The van der Waals surface area contributed by atoms with Gasteiger partial charge in [0.25, 0.3) is 5.91 Å². The summed E-state index contributed by atoms with van der Waals surface area (Å²) in [5.41, 5.74) is 0. The third kappa shape index (κ3) is 2.44. The molecule has 0 bridgehead atoms. The Morgan fingerprint density at radius 3 is 3.25 bits per heavy atom. The van der Waals surface area contributed by atoms with Gasteiger partial charge in [0.15, 0.2) is 5.76 Å². The highest BCUT2D eigenvalue weighted by atomic mass is 16.3. The quantitative estimate of drug-likeness (QED) is 0.842. The van der Waals surface area contributed by atoms with E-state index in [2.05, 4.69) is 12.2 Å². The zero-order valence-electron chi connectivity index (χ0n) is 9.61. The first kappa shape index (κ1) is 11.2. The van der Waals surface area contributed by atoms with Crippen LogP contribution in [0.3, 0.4) is 0 Å². The van der Waals surface area contributed by atoms with E-state index in [1.165, 1.54) is 0 Å². The Morgan fingerprint density at radius 1 is 1.69 bits per heavy atom. The van der Waals surface area contributed by atoms with E-state index in [4.69, 9.17) is 4.42 Å². The summed E-state index contributed by atoms with van der Waals surface area (Å²) in [6.07, 6.45) is 3.75. The SMILES string of the molecule is CCNC1CCCN(C(=O)c2ccco2)C1. The summed E-state index contributed by atoms with van der Waals surface area (Å²) in [5, 5.41) is 3.39. The van der Waals surface area contributed by atoms with E-state index in [1.54, 1.807) is 18.4 Å². The van der Waals surface area contributed by atoms with Crippen molar-refractivity contribution >= 4 is 5.91 Å². The van der Waals surface area contributed by atoms with Crippen molar-refractivity contribution in [3.8, 4) is 0 Å². The predicted octanol–water partition coefficient (Wildman–Crippen LogP) is 1.49. The first-order valence-electron chi connectivity index (χ1n) is 5.87. The van der Waals surface area contributed by atoms with Gasteiger partial charge in [-0.2, -0.15) is 0 Å². The van der Waals surface area contributed by atoms with Crippen molar-refractivity contribution in [1.82, 2.24) is 10.2 Å². The molecule has 4 nitrogen and oxygen atoms in total. The van der Waals surface area contributed by atoms with Crippen molar-refractivity contribution in [1.29, 1.82) is 0 Å². The summed E-state index contributed by atoms with van der Waals surface area (Å²) in [6.45, 7) is 4.66. The third-order valence-corrected chi connectivity index (χ3v) is 2.93. The number of carbonyl (C=O) groups is 1. The van der Waals surface area contributed by atoms with E-state index in [-0.39, 0.29) is 5.91 Å². The zero-order valence-corrected chi connectivity index (χ0v) is 9.61. The average Bonchev–Trinajstić information content (AvgIpc) is 2.82. The minimum atomic E-state index is 0.00704. The highest BCUT2D eigenvalue weighted by Crippen LogP contribution is 2.14. The van der Waals surface area contributed by atoms with Crippen LogP contribution in [0.2, 0.25) is 0 Å². The van der Waals surface area contributed by atoms with Crippen molar-refractivity contribution in [2.75, 3.05) is 19.6 Å². The molecule has 1 aromatic rings. The number of rotatable bonds is 3. The van der Waals surface area contributed by atoms with Gasteiger partial charge in [-0.15, -0.1) is 0 Å². The lowest BCUT2D eigenvalue weighted by atomic mass is 10.1. The number of nitrogens with zero attached hydrogens (tertiary/aromatic N) is 1. The summed E-state index contributed by atoms with van der Waals surface area (Å²) < 4.78 is 5.13. The second-order valence-electron chi connectivity index (χ2n) is 4.13. The van der Waals surface area contributed by atoms with E-state index < -0.39 is 0 Å². The monoisotopic (exact) mass is 222 g/mol. The molecular formula is C12H18N2O2. The fourth-order valence-electron chi connectivity index (χ4n) is 2.17. The normalized spacial score (nSPS) is 21.1. The second-order valence-corrected chi connectivity index (χ2v) is 4.13. The van der Waals surface area contributed by atoms with Gasteiger partial charge in [0, 0.05) is 19.1 Å². The highest BCUT2D eigenvalue weighted by molar-refractivity contribution is 5.91. The maximum atomic E-state index is 12.0. The average molecular weight is 222 g/mol. The molecule has 0 aromatic carbocycles. The van der Waals surface area contributed by atoms with Gasteiger partial charge in [0.05, 0.1) is 6.26 Å². The van der Waals surface area contributed by atoms with Crippen molar-refractivity contribution < 1.29 is 9.21 Å². The van der Waals surface area contributed by atoms with Crippen LogP contribution in [-0.2, 0) is 0 Å². The van der Waals surface area contributed by atoms with Gasteiger partial charge in [0.2, 0.25) is 0 Å². The molecule has 0 aliphatic carbocycles. The maximum Gasteiger partial charge on any atom is 0.289 e. The largest absolute Gasteiger partial charge is 0.459 e. The molecule has 2 rings (SSSR count). The molecule has 0 spiro atoms. The molecule has 1 amide bonds. The summed E-state index contributed by atoms with van der Waals surface area (Å²) in [7, 11) is 0. The van der Waals surface area contributed by atoms with Gasteiger partial charge in [-0.25, -0.2) is 0 Å². The minimum absolute atomic E-state index is 0.00704. The summed E-state index contributed by atoms with van der Waals surface area (Å²) >= 11 is 0. The molecular weight excluding hydrogens is 204 g/mol. The van der Waals surface area contributed by atoms with E-state index in [0.29, 0.717) is 11.8 Å². The van der Waals surface area contributed by atoms with E-state index >= 15 is 0 Å². The van der Waals surface area contributed by atoms with Crippen LogP contribution >= 0.6 is 0 Å². The molecule has 16 heavy (non-hydrogen) atoms. The van der Waals surface area contributed by atoms with Crippen molar-refractivity contribution in [2.24, 2.45) is 0 Å². The van der Waals surface area contributed by atoms with Gasteiger partial charge in [-0.1, -0.05) is 6.92 Å². The number of likely N-dealkylation sites (tertiary alicyclic amines) is 1. The Balaban J connectivity index is 1.96. The molecule has 2 heterocycles. The van der Waals surface area contributed by atoms with E-state index in [1.807, 2.05) is 4.90 Å². The highest BCUT2D eigenvalue weighted by Gasteiger charge is 2.24. The molecule has 1 atom stereocenters. The summed E-state index contributed by atoms with van der Waals surface area (Å²) in [6, 6.07) is 3.90. The van der Waals surface area contributed by atoms with E-state index in [0.717, 1.165) is 32.5 Å². The van der Waals surface area contributed by atoms with Crippen LogP contribution in [0.15, 0.2) is 22.8 Å². The van der Waals surface area contributed by atoms with Crippen LogP contribution in [0.5, 0.6) is 0 Å². The van der Waals surface area contributed by atoms with Crippen molar-refractivity contribution in [3.63, 3.8) is 0 Å². The number of nitrogens with one attached hydrogen (secondary N) is 1. The topological polar surface area (TPSA) is 45.5 Å². The first-order chi connectivity index (χ1) is 7.81. The molecule has 1 N–H and O–H groups in total. The number of hydrogen-bond donors (Lipinski definition) is 1. The van der Waals surface area contributed by atoms with Gasteiger partial charge < -0.3 is 14.6 Å². The molecule has 4 heteroatoms. The Bertz CT molecular complexity index is 333. The molecule has 1 saturated heterocycles. The Morgan fingerprint density at radius 2 is 2.56 bits per heavy atom. The Labute approximate surface area is 95.6 Å². The van der Waals surface area contributed by atoms with E-state index in [9.17, 15) is 4.79 Å². The standard InChI is InChI=1S/C12H18N2O2/c1-2-13-10-5-3-7-14(9-10)12(15)11-6-4-8-16-11/h4,6,8,10,13H,2-3,5,7,9H2,1H3. The first-order valence-corrected chi connectivity index (χ1v) is 5.87. The predicted molar refractivity (Wildman–Crippen MR) is 61.3 cm³/mol. The molecule has 1 aliphatic heterocycles. The zero-order chi connectivity index (χ0) is 11.4. The molecule has 1 aliphatic rings. The van der Waals surface area contributed by atoms with Gasteiger partial charge in [-0.3, -0.25) is 4.79 Å². The van der Waals surface area contributed by atoms with Crippen LogP contribution < -0.4 is 5.32 Å². The van der Waals surface area contributed by atoms with Crippen molar-refractivity contribution in [2.45, 2.75) is 25.8 Å². The lowest BCUT2D eigenvalue weighted by Crippen LogP contribution is -2.47. The smallest absolute Gasteiger partial charge is 0.289 e. The number of likely N-dealkylation sites (N-methyl/N-ethyl adjacent to an activating group) is 1. The van der Waals surface area contributed by atoms with Crippen molar-refractivity contribution in [3.05, 3.63) is 24.2 Å². The molecule has 88 valence electrons. The molecule has 0 saturated carbocycles. The Kier molecular flexibility index (Phi) is 3.62. The third-order valence-electron chi connectivity index (χ3n) is 2.93. The Hall–Kier alpha value is -1.29. The number of carbonyl (C=O) groups excluding carboxylic acids is 1. The number of piperidine rings is 1. The van der Waals surface area contributed by atoms with Gasteiger partial charge in [0.1, 0.15) is 0 Å². The summed E-state index contributed by atoms with van der Waals surface area (Å²) in [4.78, 5) is 13.9. The number of furan rings is 1. The van der Waals surface area contributed by atoms with Gasteiger partial charge >= 0.3 is 0 Å². The lowest BCUT2D eigenvalue weighted by Gasteiger charge is -2.32. The second kappa shape index (κ2) is 5.16. The summed E-state index contributed by atoms with van der Waals surface area (Å²) in [5.74, 6) is 0.449. The lowest BCUT2D eigenvalue weighted by molar-refractivity contribution is 0.0663. The number of amides is 1. The minimum Gasteiger partial charge on any atom is -0.459 e. The molecule has 0 radical (unpaired) electrons. The molecule has 1 unspecified atom stereocenters.